The molecule has 1 aromatic heterocycles. The topological polar surface area (TPSA) is 87.9 Å². The van der Waals surface area contributed by atoms with E-state index in [1.54, 1.807) is 4.90 Å². The molecule has 3 atom stereocenters. The summed E-state index contributed by atoms with van der Waals surface area (Å²) >= 11 is 0. The first-order chi connectivity index (χ1) is 18.5. The molecule has 2 heterocycles. The second-order valence-corrected chi connectivity index (χ2v) is 12.1. The molecule has 2 unspecified atom stereocenters. The van der Waals surface area contributed by atoms with Gasteiger partial charge in [-0.3, -0.25) is 9.69 Å². The van der Waals surface area contributed by atoms with Crippen molar-refractivity contribution < 1.29 is 18.0 Å². The minimum Gasteiger partial charge on any atom is -0.368 e. The van der Waals surface area contributed by atoms with E-state index in [2.05, 4.69) is 27.1 Å². The minimum atomic E-state index is -4.40. The molecule has 8 nitrogen and oxygen atoms in total. The van der Waals surface area contributed by atoms with Crippen LogP contribution in [0, 0.1) is 34.6 Å². The van der Waals surface area contributed by atoms with Gasteiger partial charge in [0.1, 0.15) is 11.7 Å². The molecule has 1 amide bonds. The third-order valence-corrected chi connectivity index (χ3v) is 9.47. The zero-order chi connectivity index (χ0) is 27.9. The van der Waals surface area contributed by atoms with Crippen LogP contribution < -0.4 is 10.2 Å². The molecule has 39 heavy (non-hydrogen) atoms. The summed E-state index contributed by atoms with van der Waals surface area (Å²) in [7, 11) is 3.71. The molecule has 1 aliphatic heterocycles. The SMILES string of the molecule is CC[C@H](/C(=N/C#N)NC1C2CC3CC1CC(C(=O)N(C)C)(C3)C2)N1CCN(c2ccc(C(F)(F)F)cn2)CC1. The van der Waals surface area contributed by atoms with Gasteiger partial charge in [-0.25, -0.2) is 4.98 Å². The van der Waals surface area contributed by atoms with Gasteiger partial charge in [-0.15, -0.1) is 0 Å². The number of anilines is 1. The predicted octanol–water partition coefficient (Wildman–Crippen LogP) is 3.75. The highest BCUT2D eigenvalue weighted by Gasteiger charge is 2.59. The summed E-state index contributed by atoms with van der Waals surface area (Å²) in [4.78, 5) is 27.5. The van der Waals surface area contributed by atoms with Crippen molar-refractivity contribution in [3.05, 3.63) is 23.9 Å². The predicted molar refractivity (Wildman–Crippen MR) is 142 cm³/mol. The average Bonchev–Trinajstić information content (AvgIpc) is 2.90. The fraction of sp³-hybridized carbons (Fsp3) is 0.714. The number of hydrogen-bond acceptors (Lipinski definition) is 6. The second kappa shape index (κ2) is 10.6. The third-order valence-electron chi connectivity index (χ3n) is 9.47. The molecule has 4 aliphatic carbocycles. The normalized spacial score (nSPS) is 31.6. The maximum atomic E-state index is 13.2. The van der Waals surface area contributed by atoms with E-state index >= 15 is 0 Å². The van der Waals surface area contributed by atoms with E-state index in [1.807, 2.05) is 25.2 Å². The highest BCUT2D eigenvalue weighted by Crippen LogP contribution is 2.60. The van der Waals surface area contributed by atoms with Crippen molar-refractivity contribution >= 4 is 17.6 Å². The van der Waals surface area contributed by atoms with Crippen LogP contribution in [0.3, 0.4) is 0 Å². The van der Waals surface area contributed by atoms with Crippen LogP contribution in [0.5, 0.6) is 0 Å². The summed E-state index contributed by atoms with van der Waals surface area (Å²) in [5.41, 5.74) is -0.987. The van der Waals surface area contributed by atoms with E-state index in [0.29, 0.717) is 55.6 Å². The number of aromatic nitrogens is 1. The quantitative estimate of drug-likeness (QED) is 0.333. The van der Waals surface area contributed by atoms with Gasteiger partial charge in [0.15, 0.2) is 0 Å². The Labute approximate surface area is 228 Å². The Morgan fingerprint density at radius 1 is 1.21 bits per heavy atom. The van der Waals surface area contributed by atoms with Gasteiger partial charge in [0.2, 0.25) is 12.1 Å². The molecule has 1 aromatic rings. The van der Waals surface area contributed by atoms with Gasteiger partial charge in [-0.2, -0.15) is 23.4 Å². The number of nitriles is 1. The molecule has 1 saturated heterocycles. The lowest BCUT2D eigenvalue weighted by Crippen LogP contribution is -2.64. The molecule has 5 aliphatic rings. The molecule has 5 fully saturated rings. The van der Waals surface area contributed by atoms with E-state index in [-0.39, 0.29) is 23.4 Å². The largest absolute Gasteiger partial charge is 0.417 e. The number of hydrogen-bond donors (Lipinski definition) is 1. The molecular weight excluding hydrogens is 507 g/mol. The molecule has 4 bridgehead atoms. The maximum Gasteiger partial charge on any atom is 0.417 e. The van der Waals surface area contributed by atoms with Crippen molar-refractivity contribution in [2.75, 3.05) is 45.2 Å². The van der Waals surface area contributed by atoms with Crippen molar-refractivity contribution in [2.24, 2.45) is 28.2 Å². The number of nitrogens with zero attached hydrogens (tertiary/aromatic N) is 6. The van der Waals surface area contributed by atoms with Crippen LogP contribution in [0.2, 0.25) is 0 Å². The molecule has 0 spiro atoms. The number of halogens is 3. The van der Waals surface area contributed by atoms with Crippen LogP contribution in [0.4, 0.5) is 19.0 Å². The van der Waals surface area contributed by atoms with E-state index in [1.165, 1.54) is 6.07 Å². The van der Waals surface area contributed by atoms with Crippen LogP contribution in [0.25, 0.3) is 0 Å². The van der Waals surface area contributed by atoms with E-state index in [0.717, 1.165) is 50.8 Å². The molecule has 4 saturated carbocycles. The molecule has 0 aromatic carbocycles. The number of piperazine rings is 1. The highest BCUT2D eigenvalue weighted by atomic mass is 19.4. The van der Waals surface area contributed by atoms with Crippen LogP contribution in [0.15, 0.2) is 23.3 Å². The monoisotopic (exact) mass is 545 g/mol. The Kier molecular flexibility index (Phi) is 7.53. The van der Waals surface area contributed by atoms with E-state index in [4.69, 9.17) is 0 Å². The van der Waals surface area contributed by atoms with Gasteiger partial charge in [0, 0.05) is 52.5 Å². The van der Waals surface area contributed by atoms with Crippen molar-refractivity contribution in [3.63, 3.8) is 0 Å². The number of amidine groups is 1. The lowest BCUT2D eigenvalue weighted by molar-refractivity contribution is -0.157. The first-order valence-corrected chi connectivity index (χ1v) is 14.0. The Morgan fingerprint density at radius 2 is 1.87 bits per heavy atom. The number of alkyl halides is 3. The highest BCUT2D eigenvalue weighted by molar-refractivity contribution is 5.89. The van der Waals surface area contributed by atoms with Gasteiger partial charge >= 0.3 is 6.18 Å². The molecule has 11 heteroatoms. The fourth-order valence-electron chi connectivity index (χ4n) is 8.05. The van der Waals surface area contributed by atoms with Crippen LogP contribution in [-0.4, -0.2) is 78.9 Å². The van der Waals surface area contributed by atoms with Gasteiger partial charge in [0.05, 0.1) is 17.0 Å². The maximum absolute atomic E-state index is 13.2. The summed E-state index contributed by atoms with van der Waals surface area (Å²) < 4.78 is 38.7. The fourth-order valence-corrected chi connectivity index (χ4v) is 8.05. The first-order valence-electron chi connectivity index (χ1n) is 14.0. The molecule has 1 N–H and O–H groups in total. The summed E-state index contributed by atoms with van der Waals surface area (Å²) in [6.45, 7) is 4.71. The van der Waals surface area contributed by atoms with Crippen molar-refractivity contribution in [3.8, 4) is 6.19 Å². The van der Waals surface area contributed by atoms with E-state index < -0.39 is 11.7 Å². The zero-order valence-electron chi connectivity index (χ0n) is 22.9. The summed E-state index contributed by atoms with van der Waals surface area (Å²) in [5.74, 6) is 2.88. The first kappa shape index (κ1) is 27.7. The molecule has 6 rings (SSSR count). The van der Waals surface area contributed by atoms with Gasteiger partial charge in [-0.1, -0.05) is 6.92 Å². The Hall–Kier alpha value is -2.87. The van der Waals surface area contributed by atoms with E-state index in [9.17, 15) is 23.2 Å². The number of nitrogens with one attached hydrogen (secondary N) is 1. The van der Waals surface area contributed by atoms with Crippen LogP contribution in [0.1, 0.15) is 51.0 Å². The number of pyridine rings is 1. The molecular formula is C28H38F3N7O. The summed E-state index contributed by atoms with van der Waals surface area (Å²) in [5, 5.41) is 13.3. The number of rotatable bonds is 6. The standard InChI is InChI=1S/C28H38F3N7O/c1-4-22(37-7-9-38(10-8-37)23-6-5-21(16-33-23)28(29,30)31)25(34-17-32)35-24-19-11-18-12-20(24)15-27(13-18,14-19)26(39)36(2)3/h5-6,16,18-20,22,24H,4,7-15H2,1-3H3,(H,34,35)/t18?,19?,20?,22-,24?,27?/m1/s1. The van der Waals surface area contributed by atoms with Crippen molar-refractivity contribution in [1.82, 2.24) is 20.1 Å². The van der Waals surface area contributed by atoms with Crippen LogP contribution in [-0.2, 0) is 11.0 Å². The molecule has 0 radical (unpaired) electrons. The summed E-state index contributed by atoms with van der Waals surface area (Å²) in [6, 6.07) is 2.66. The van der Waals surface area contributed by atoms with Crippen molar-refractivity contribution in [1.29, 1.82) is 5.26 Å². The third kappa shape index (κ3) is 5.32. The molecule has 212 valence electrons. The Bertz CT molecular complexity index is 1110. The smallest absolute Gasteiger partial charge is 0.368 e. The van der Waals surface area contributed by atoms with Gasteiger partial charge in [-0.05, 0) is 68.4 Å². The lowest BCUT2D eigenvalue weighted by atomic mass is 9.47. The van der Waals surface area contributed by atoms with Gasteiger partial charge in [0.25, 0.3) is 0 Å². The lowest BCUT2D eigenvalue weighted by Gasteiger charge is -2.60. The van der Waals surface area contributed by atoms with Crippen LogP contribution >= 0.6 is 0 Å². The summed E-state index contributed by atoms with van der Waals surface area (Å²) in [6.07, 6.45) is 4.30. The van der Waals surface area contributed by atoms with Crippen molar-refractivity contribution in [2.45, 2.75) is 63.7 Å². The Balaban J connectivity index is 1.25. The number of amides is 1. The average molecular weight is 546 g/mol. The second-order valence-electron chi connectivity index (χ2n) is 12.1. The number of carbonyl (C=O) groups excluding carboxylic acids is 1. The zero-order valence-corrected chi connectivity index (χ0v) is 22.9. The van der Waals surface area contributed by atoms with Gasteiger partial charge < -0.3 is 15.1 Å². The Morgan fingerprint density at radius 3 is 2.38 bits per heavy atom. The number of carbonyl (C=O) groups is 1. The number of aliphatic imine (C=N–C) groups is 1. The minimum absolute atomic E-state index is 0.0538.